The summed E-state index contributed by atoms with van der Waals surface area (Å²) in [5.41, 5.74) is 1.06. The molecule has 0 unspecified atom stereocenters. The number of fused-ring (bicyclic) bond motifs is 1. The van der Waals surface area contributed by atoms with Crippen molar-refractivity contribution in [3.8, 4) is 0 Å². The van der Waals surface area contributed by atoms with Crippen molar-refractivity contribution in [3.05, 3.63) is 52.3 Å². The van der Waals surface area contributed by atoms with Gasteiger partial charge < -0.3 is 15.0 Å². The fourth-order valence-electron chi connectivity index (χ4n) is 3.03. The number of rotatable bonds is 5. The highest BCUT2D eigenvalue weighted by atomic mass is 19.4. The molecule has 2 N–H and O–H groups in total. The van der Waals surface area contributed by atoms with Crippen molar-refractivity contribution in [2.75, 3.05) is 20.3 Å². The summed E-state index contributed by atoms with van der Waals surface area (Å²) in [6.45, 7) is 0.587. The molecule has 3 rings (SSSR count). The topological polar surface area (TPSA) is 87.3 Å². The fourth-order valence-corrected chi connectivity index (χ4v) is 3.03. The van der Waals surface area contributed by atoms with E-state index < -0.39 is 17.6 Å². The van der Waals surface area contributed by atoms with Gasteiger partial charge in [0.05, 0.1) is 5.56 Å². The molecule has 1 aromatic heterocycles. The molecule has 0 bridgehead atoms. The minimum atomic E-state index is -4.44. The molecule has 2 amide bonds. The van der Waals surface area contributed by atoms with Crippen molar-refractivity contribution in [3.63, 3.8) is 0 Å². The zero-order valence-electron chi connectivity index (χ0n) is 15.1. The third kappa shape index (κ3) is 4.33. The van der Waals surface area contributed by atoms with Gasteiger partial charge in [-0.2, -0.15) is 18.3 Å². The van der Waals surface area contributed by atoms with Gasteiger partial charge in [-0.05, 0) is 17.7 Å². The lowest BCUT2D eigenvalue weighted by atomic mass is 10.0. The number of ether oxygens (including phenoxy) is 1. The Bertz CT molecular complexity index is 879. The number of carbonyl (C=O) groups excluding carboxylic acids is 2. The second-order valence-electron chi connectivity index (χ2n) is 6.41. The van der Waals surface area contributed by atoms with Crippen LogP contribution in [0.4, 0.5) is 13.2 Å². The van der Waals surface area contributed by atoms with Gasteiger partial charge in [0.25, 0.3) is 5.91 Å². The van der Waals surface area contributed by atoms with Gasteiger partial charge in [0.1, 0.15) is 6.61 Å². The van der Waals surface area contributed by atoms with E-state index in [0.29, 0.717) is 24.1 Å². The van der Waals surface area contributed by atoms with Crippen LogP contribution >= 0.6 is 0 Å². The Morgan fingerprint density at radius 1 is 1.36 bits per heavy atom. The Labute approximate surface area is 158 Å². The highest BCUT2D eigenvalue weighted by molar-refractivity contribution is 5.94. The average molecular weight is 396 g/mol. The summed E-state index contributed by atoms with van der Waals surface area (Å²) in [6.07, 6.45) is -3.92. The summed E-state index contributed by atoms with van der Waals surface area (Å²) in [5, 5.41) is 9.40. The van der Waals surface area contributed by atoms with Crippen molar-refractivity contribution >= 4 is 11.8 Å². The van der Waals surface area contributed by atoms with Gasteiger partial charge in [-0.25, -0.2) is 0 Å². The number of amides is 2. The van der Waals surface area contributed by atoms with Gasteiger partial charge in [0.2, 0.25) is 5.91 Å². The van der Waals surface area contributed by atoms with Gasteiger partial charge in [-0.3, -0.25) is 14.7 Å². The third-order valence-electron chi connectivity index (χ3n) is 4.48. The lowest BCUT2D eigenvalue weighted by molar-refractivity contribution is -0.138. The molecule has 7 nitrogen and oxygen atoms in total. The molecule has 28 heavy (non-hydrogen) atoms. The number of carbonyl (C=O) groups is 2. The number of nitrogens with zero attached hydrogens (tertiary/aromatic N) is 2. The van der Waals surface area contributed by atoms with Crippen molar-refractivity contribution in [2.24, 2.45) is 0 Å². The highest BCUT2D eigenvalue weighted by Gasteiger charge is 2.30. The van der Waals surface area contributed by atoms with Crippen LogP contribution in [0.2, 0.25) is 0 Å². The van der Waals surface area contributed by atoms with Gasteiger partial charge in [-0.1, -0.05) is 12.1 Å². The van der Waals surface area contributed by atoms with E-state index in [1.807, 2.05) is 0 Å². The molecular weight excluding hydrogens is 377 g/mol. The molecule has 0 atom stereocenters. The minimum Gasteiger partial charge on any atom is -0.375 e. The Kier molecular flexibility index (Phi) is 5.68. The maximum atomic E-state index is 12.8. The van der Waals surface area contributed by atoms with Crippen LogP contribution in [0.1, 0.15) is 32.9 Å². The van der Waals surface area contributed by atoms with Crippen LogP contribution in [0.25, 0.3) is 0 Å². The Hall–Kier alpha value is -2.88. The molecule has 10 heteroatoms. The van der Waals surface area contributed by atoms with Gasteiger partial charge in [0.15, 0.2) is 5.69 Å². The zero-order valence-corrected chi connectivity index (χ0v) is 15.1. The van der Waals surface area contributed by atoms with E-state index in [1.54, 1.807) is 4.90 Å². The van der Waals surface area contributed by atoms with Crippen molar-refractivity contribution in [2.45, 2.75) is 25.7 Å². The maximum absolute atomic E-state index is 12.8. The van der Waals surface area contributed by atoms with Crippen LogP contribution in [0.5, 0.6) is 0 Å². The predicted octanol–water partition coefficient (Wildman–Crippen LogP) is 1.89. The highest BCUT2D eigenvalue weighted by Crippen LogP contribution is 2.29. The fraction of sp³-hybridized carbons (Fsp3) is 0.389. The standard InChI is InChI=1S/C18H19F3N4O3/c1-28-10-15(26)25-6-5-14-13(9-25)16(24-23-14)17(27)22-8-11-3-2-4-12(7-11)18(19,20)21/h2-4,7H,5-6,8-10H2,1H3,(H,22,27)(H,23,24). The maximum Gasteiger partial charge on any atom is 0.416 e. The van der Waals surface area contributed by atoms with E-state index in [1.165, 1.54) is 19.2 Å². The lowest BCUT2D eigenvalue weighted by Crippen LogP contribution is -2.38. The Morgan fingerprint density at radius 3 is 2.86 bits per heavy atom. The first-order valence-electron chi connectivity index (χ1n) is 8.56. The summed E-state index contributed by atoms with van der Waals surface area (Å²) in [6, 6.07) is 4.76. The van der Waals surface area contributed by atoms with E-state index in [0.717, 1.165) is 17.8 Å². The van der Waals surface area contributed by atoms with Crippen molar-refractivity contribution in [1.29, 1.82) is 0 Å². The van der Waals surface area contributed by atoms with E-state index in [9.17, 15) is 22.8 Å². The first kappa shape index (κ1) is 19.9. The average Bonchev–Trinajstić information content (AvgIpc) is 3.09. The number of aromatic amines is 1. The number of aromatic nitrogens is 2. The SMILES string of the molecule is COCC(=O)N1CCc2[nH]nc(C(=O)NCc3cccc(C(F)(F)F)c3)c2C1. The smallest absolute Gasteiger partial charge is 0.375 e. The molecule has 0 saturated heterocycles. The van der Waals surface area contributed by atoms with Gasteiger partial charge in [0, 0.05) is 44.4 Å². The number of alkyl halides is 3. The zero-order chi connectivity index (χ0) is 20.3. The second-order valence-corrected chi connectivity index (χ2v) is 6.41. The third-order valence-corrected chi connectivity index (χ3v) is 4.48. The van der Waals surface area contributed by atoms with Gasteiger partial charge >= 0.3 is 6.18 Å². The van der Waals surface area contributed by atoms with Gasteiger partial charge in [-0.15, -0.1) is 0 Å². The second kappa shape index (κ2) is 8.01. The van der Waals surface area contributed by atoms with Crippen molar-refractivity contribution < 1.29 is 27.5 Å². The number of H-pyrrole nitrogens is 1. The molecule has 0 fully saturated rings. The van der Waals surface area contributed by atoms with E-state index >= 15 is 0 Å². The number of methoxy groups -OCH3 is 1. The molecule has 0 aliphatic carbocycles. The summed E-state index contributed by atoms with van der Waals surface area (Å²) >= 11 is 0. The predicted molar refractivity (Wildman–Crippen MR) is 92.2 cm³/mol. The molecule has 1 aliphatic heterocycles. The van der Waals surface area contributed by atoms with Crippen LogP contribution in [0.3, 0.4) is 0 Å². The Morgan fingerprint density at radius 2 is 2.14 bits per heavy atom. The molecule has 0 radical (unpaired) electrons. The molecule has 1 aromatic carbocycles. The summed E-state index contributed by atoms with van der Waals surface area (Å²) in [7, 11) is 1.43. The molecule has 150 valence electrons. The van der Waals surface area contributed by atoms with E-state index in [4.69, 9.17) is 4.74 Å². The van der Waals surface area contributed by atoms with Crippen molar-refractivity contribution in [1.82, 2.24) is 20.4 Å². The van der Waals surface area contributed by atoms with Crippen LogP contribution in [-0.4, -0.2) is 47.2 Å². The first-order valence-corrected chi connectivity index (χ1v) is 8.56. The summed E-state index contributed by atoms with van der Waals surface area (Å²) in [4.78, 5) is 26.1. The number of hydrogen-bond acceptors (Lipinski definition) is 4. The summed E-state index contributed by atoms with van der Waals surface area (Å²) < 4.78 is 43.2. The summed E-state index contributed by atoms with van der Waals surface area (Å²) in [5.74, 6) is -0.708. The normalized spacial score (nSPS) is 13.9. The number of nitrogens with one attached hydrogen (secondary N) is 2. The number of hydrogen-bond donors (Lipinski definition) is 2. The number of halogens is 3. The molecule has 2 heterocycles. The first-order chi connectivity index (χ1) is 13.3. The van der Waals surface area contributed by atoms with E-state index in [2.05, 4.69) is 15.5 Å². The largest absolute Gasteiger partial charge is 0.416 e. The Balaban J connectivity index is 1.68. The minimum absolute atomic E-state index is 0.0513. The lowest BCUT2D eigenvalue weighted by Gasteiger charge is -2.26. The molecular formula is C18H19F3N4O3. The molecule has 0 spiro atoms. The van der Waals surface area contributed by atoms with Crippen LogP contribution < -0.4 is 5.32 Å². The molecule has 2 aromatic rings. The van der Waals surface area contributed by atoms with Crippen LogP contribution in [-0.2, 0) is 35.2 Å². The quantitative estimate of drug-likeness (QED) is 0.808. The molecule has 0 saturated carbocycles. The number of benzene rings is 1. The van der Waals surface area contributed by atoms with E-state index in [-0.39, 0.29) is 31.3 Å². The van der Waals surface area contributed by atoms with Crippen LogP contribution in [0, 0.1) is 0 Å². The monoisotopic (exact) mass is 396 g/mol. The van der Waals surface area contributed by atoms with Crippen LogP contribution in [0.15, 0.2) is 24.3 Å². The molecule has 1 aliphatic rings.